The predicted octanol–water partition coefficient (Wildman–Crippen LogP) is -0.923. The van der Waals surface area contributed by atoms with E-state index in [4.69, 9.17) is 15.2 Å². The normalized spacial score (nSPS) is 30.4. The molecule has 4 N–H and O–H groups in total. The smallest absolute Gasteiger partial charge is 0.320 e. The van der Waals surface area contributed by atoms with E-state index in [9.17, 15) is 4.79 Å². The van der Waals surface area contributed by atoms with Crippen molar-refractivity contribution in [2.45, 2.75) is 25.2 Å². The third-order valence-corrected chi connectivity index (χ3v) is 3.00. The van der Waals surface area contributed by atoms with E-state index < -0.39 is 12.0 Å². The molecule has 1 radical (unpaired) electrons. The van der Waals surface area contributed by atoms with E-state index in [-0.39, 0.29) is 18.4 Å². The van der Waals surface area contributed by atoms with Crippen LogP contribution in [0.25, 0.3) is 0 Å². The fraction of sp³-hybridized carbons (Fsp3) is 0.889. The Kier molecular flexibility index (Phi) is 5.07. The van der Waals surface area contributed by atoms with Gasteiger partial charge in [-0.15, -0.1) is 0 Å². The van der Waals surface area contributed by atoms with Crippen molar-refractivity contribution in [3.63, 3.8) is 0 Å². The minimum Gasteiger partial charge on any atom is -0.480 e. The number of aliphatic carboxylic acids is 1. The van der Waals surface area contributed by atoms with E-state index in [1.807, 2.05) is 0 Å². The van der Waals surface area contributed by atoms with Crippen molar-refractivity contribution in [3.8, 4) is 0 Å². The first-order chi connectivity index (χ1) is 7.20. The Morgan fingerprint density at radius 3 is 2.80 bits per heavy atom. The van der Waals surface area contributed by atoms with Crippen molar-refractivity contribution in [3.05, 3.63) is 0 Å². The Morgan fingerprint density at radius 1 is 1.53 bits per heavy atom. The van der Waals surface area contributed by atoms with Crippen LogP contribution in [0.3, 0.4) is 0 Å². The van der Waals surface area contributed by atoms with Gasteiger partial charge in [0, 0.05) is 13.2 Å². The molecule has 3 atom stereocenters. The lowest BCUT2D eigenvalue weighted by Gasteiger charge is -2.19. The van der Waals surface area contributed by atoms with Crippen LogP contribution in [0.4, 0.5) is 0 Å². The molecule has 1 unspecified atom stereocenters. The summed E-state index contributed by atoms with van der Waals surface area (Å²) < 4.78 is 0. The molecule has 6 heteroatoms. The fourth-order valence-corrected chi connectivity index (χ4v) is 2.17. The van der Waals surface area contributed by atoms with Crippen molar-refractivity contribution in [1.29, 1.82) is 0 Å². The van der Waals surface area contributed by atoms with Crippen LogP contribution in [0.1, 0.15) is 12.8 Å². The average molecular weight is 214 g/mol. The van der Waals surface area contributed by atoms with Crippen LogP contribution < -0.4 is 5.32 Å². The van der Waals surface area contributed by atoms with E-state index in [2.05, 4.69) is 5.32 Å². The third-order valence-electron chi connectivity index (χ3n) is 3.00. The summed E-state index contributed by atoms with van der Waals surface area (Å²) in [7, 11) is 1.09. The van der Waals surface area contributed by atoms with E-state index in [1.54, 1.807) is 0 Å². The molecule has 0 saturated carbocycles. The van der Waals surface area contributed by atoms with Crippen LogP contribution in [-0.4, -0.2) is 47.9 Å². The Hall–Kier alpha value is -0.585. The van der Waals surface area contributed by atoms with Crippen molar-refractivity contribution >= 4 is 13.5 Å². The molecule has 1 rings (SSSR count). The Balaban J connectivity index is 2.48. The van der Waals surface area contributed by atoms with E-state index >= 15 is 0 Å². The van der Waals surface area contributed by atoms with Gasteiger partial charge < -0.3 is 20.6 Å². The van der Waals surface area contributed by atoms with Gasteiger partial charge in [-0.1, -0.05) is 12.7 Å². The molecule has 15 heavy (non-hydrogen) atoms. The van der Waals surface area contributed by atoms with Crippen molar-refractivity contribution in [2.24, 2.45) is 11.8 Å². The quantitative estimate of drug-likeness (QED) is 0.339. The van der Waals surface area contributed by atoms with E-state index in [0.29, 0.717) is 19.3 Å². The number of rotatable bonds is 6. The maximum atomic E-state index is 10.9. The average Bonchev–Trinajstić information content (AvgIpc) is 2.61. The van der Waals surface area contributed by atoms with Crippen molar-refractivity contribution < 1.29 is 20.0 Å². The van der Waals surface area contributed by atoms with Crippen LogP contribution in [0.5, 0.6) is 0 Å². The molecule has 0 aromatic heterocycles. The highest BCUT2D eigenvalue weighted by Gasteiger charge is 2.38. The molecule has 0 bridgehead atoms. The Bertz CT molecular complexity index is 214. The summed E-state index contributed by atoms with van der Waals surface area (Å²) in [5.41, 5.74) is 0. The molecule has 1 saturated heterocycles. The number of aliphatic hydroxyl groups is 1. The van der Waals surface area contributed by atoms with Crippen LogP contribution in [0.15, 0.2) is 0 Å². The van der Waals surface area contributed by atoms with Gasteiger partial charge in [0.2, 0.25) is 0 Å². The molecular weight excluding hydrogens is 197 g/mol. The Morgan fingerprint density at radius 2 is 2.27 bits per heavy atom. The molecule has 0 aromatic carbocycles. The molecule has 5 nitrogen and oxygen atoms in total. The van der Waals surface area contributed by atoms with E-state index in [1.165, 1.54) is 0 Å². The highest BCUT2D eigenvalue weighted by Crippen LogP contribution is 2.27. The number of aliphatic hydroxyl groups excluding tert-OH is 1. The number of hydrogen-bond donors (Lipinski definition) is 4. The van der Waals surface area contributed by atoms with Gasteiger partial charge in [0.1, 0.15) is 6.04 Å². The SMILES string of the molecule is O=C(O)[C@H]1NCC(CO)[C@H]1CCC[B]O. The monoisotopic (exact) mass is 214 g/mol. The maximum absolute atomic E-state index is 10.9. The molecular formula is C9H17BNO4. The molecule has 85 valence electrons. The van der Waals surface area contributed by atoms with Gasteiger partial charge in [-0.3, -0.25) is 4.79 Å². The van der Waals surface area contributed by atoms with Gasteiger partial charge in [0.05, 0.1) is 0 Å². The zero-order chi connectivity index (χ0) is 11.3. The molecule has 1 fully saturated rings. The zero-order valence-corrected chi connectivity index (χ0v) is 8.59. The number of hydrogen-bond acceptors (Lipinski definition) is 4. The van der Waals surface area contributed by atoms with Crippen LogP contribution >= 0.6 is 0 Å². The molecule has 0 spiro atoms. The standard InChI is InChI=1S/C9H17BNO4/c12-5-6-4-11-8(9(13)14)7(6)2-1-3-10-15/h6-8,11-12,15H,1-5H2,(H,13,14)/t6?,7-,8+/m1/s1. The highest BCUT2D eigenvalue weighted by atomic mass is 16.4. The summed E-state index contributed by atoms with van der Waals surface area (Å²) in [5, 5.41) is 29.5. The molecule has 0 aliphatic carbocycles. The summed E-state index contributed by atoms with van der Waals surface area (Å²) in [5.74, 6) is -0.874. The zero-order valence-electron chi connectivity index (χ0n) is 8.59. The number of carboxylic acid groups (broad SMARTS) is 1. The first-order valence-corrected chi connectivity index (χ1v) is 5.23. The molecule has 1 aliphatic heterocycles. The van der Waals surface area contributed by atoms with Crippen LogP contribution in [0.2, 0.25) is 6.32 Å². The minimum atomic E-state index is -0.857. The summed E-state index contributed by atoms with van der Waals surface area (Å²) in [6.07, 6.45) is 2.04. The van der Waals surface area contributed by atoms with Gasteiger partial charge in [0.15, 0.2) is 0 Å². The minimum absolute atomic E-state index is 0.0181. The highest BCUT2D eigenvalue weighted by molar-refractivity contribution is 6.25. The number of carboxylic acids is 1. The topological polar surface area (TPSA) is 89.8 Å². The molecule has 1 heterocycles. The van der Waals surface area contributed by atoms with Gasteiger partial charge >= 0.3 is 5.97 Å². The maximum Gasteiger partial charge on any atom is 0.320 e. The van der Waals surface area contributed by atoms with Gasteiger partial charge in [0.25, 0.3) is 7.48 Å². The third kappa shape index (κ3) is 3.19. The predicted molar refractivity (Wildman–Crippen MR) is 55.5 cm³/mol. The van der Waals surface area contributed by atoms with Crippen LogP contribution in [0, 0.1) is 11.8 Å². The Labute approximate surface area is 89.8 Å². The number of nitrogens with one attached hydrogen (secondary N) is 1. The van der Waals surface area contributed by atoms with Gasteiger partial charge in [-0.05, 0) is 18.3 Å². The summed E-state index contributed by atoms with van der Waals surface area (Å²) in [4.78, 5) is 10.9. The second-order valence-electron chi connectivity index (χ2n) is 3.94. The summed E-state index contributed by atoms with van der Waals surface area (Å²) in [6.45, 7) is 0.575. The molecule has 0 amide bonds. The summed E-state index contributed by atoms with van der Waals surface area (Å²) in [6, 6.07) is -0.555. The molecule has 1 aliphatic rings. The first kappa shape index (κ1) is 12.5. The lowest BCUT2D eigenvalue weighted by Crippen LogP contribution is -2.36. The lowest BCUT2D eigenvalue weighted by molar-refractivity contribution is -0.140. The second-order valence-corrected chi connectivity index (χ2v) is 3.94. The summed E-state index contributed by atoms with van der Waals surface area (Å²) >= 11 is 0. The largest absolute Gasteiger partial charge is 0.480 e. The fourth-order valence-electron chi connectivity index (χ4n) is 2.17. The van der Waals surface area contributed by atoms with Gasteiger partial charge in [-0.2, -0.15) is 0 Å². The van der Waals surface area contributed by atoms with Gasteiger partial charge in [-0.25, -0.2) is 0 Å². The number of carbonyl (C=O) groups is 1. The van der Waals surface area contributed by atoms with Crippen LogP contribution in [-0.2, 0) is 4.79 Å². The lowest BCUT2D eigenvalue weighted by atomic mass is 9.83. The molecule has 0 aromatic rings. The van der Waals surface area contributed by atoms with E-state index in [0.717, 1.165) is 13.9 Å². The first-order valence-electron chi connectivity index (χ1n) is 5.23. The second kappa shape index (κ2) is 6.10. The van der Waals surface area contributed by atoms with Crippen molar-refractivity contribution in [1.82, 2.24) is 5.32 Å². The van der Waals surface area contributed by atoms with Crippen molar-refractivity contribution in [2.75, 3.05) is 13.2 Å².